The summed E-state index contributed by atoms with van der Waals surface area (Å²) >= 11 is 5.96. The van der Waals surface area contributed by atoms with Crippen molar-refractivity contribution < 1.29 is 12.8 Å². The zero-order chi connectivity index (χ0) is 19.7. The summed E-state index contributed by atoms with van der Waals surface area (Å²) in [5, 5.41) is 3.71. The molecule has 0 radical (unpaired) electrons. The highest BCUT2D eigenvalue weighted by Gasteiger charge is 2.27. The largest absolute Gasteiger partial charge is 0.424 e. The van der Waals surface area contributed by atoms with Gasteiger partial charge in [0.05, 0.1) is 4.90 Å². The molecule has 1 N–H and O–H groups in total. The predicted molar refractivity (Wildman–Crippen MR) is 109 cm³/mol. The lowest BCUT2D eigenvalue weighted by atomic mass is 10.2. The van der Waals surface area contributed by atoms with Crippen molar-refractivity contribution in [2.45, 2.75) is 11.4 Å². The highest BCUT2D eigenvalue weighted by Crippen LogP contribution is 2.23. The van der Waals surface area contributed by atoms with E-state index in [1.165, 1.54) is 0 Å². The first-order chi connectivity index (χ1) is 13.4. The number of nitrogens with zero attached hydrogens (tertiary/aromatic N) is 3. The van der Waals surface area contributed by atoms with Crippen molar-refractivity contribution in [2.24, 2.45) is 0 Å². The lowest BCUT2D eigenvalue weighted by Crippen LogP contribution is -2.46. The maximum atomic E-state index is 12.8. The number of sulfonamides is 1. The fourth-order valence-corrected chi connectivity index (χ4v) is 4.70. The minimum atomic E-state index is -3.45. The van der Waals surface area contributed by atoms with E-state index in [2.05, 4.69) is 15.2 Å². The first-order valence-electron chi connectivity index (χ1n) is 8.99. The molecular formula is C19H21ClN4O3S. The molecule has 3 aromatic rings. The lowest BCUT2D eigenvalue weighted by Gasteiger charge is -2.31. The minimum absolute atomic E-state index is 0.317. The number of oxazole rings is 1. The smallest absolute Gasteiger partial charge is 0.295 e. The molecule has 1 aromatic heterocycles. The lowest BCUT2D eigenvalue weighted by molar-refractivity contribution is 0.222. The third kappa shape index (κ3) is 4.00. The van der Waals surface area contributed by atoms with Crippen LogP contribution in [0.3, 0.4) is 0 Å². The Morgan fingerprint density at radius 1 is 1.11 bits per heavy atom. The Hall–Kier alpha value is -2.13. The molecule has 148 valence electrons. The van der Waals surface area contributed by atoms with Crippen LogP contribution in [0.4, 0.5) is 6.01 Å². The summed E-state index contributed by atoms with van der Waals surface area (Å²) in [6.45, 7) is 3.00. The molecular weight excluding hydrogens is 400 g/mol. The van der Waals surface area contributed by atoms with E-state index in [0.717, 1.165) is 18.7 Å². The van der Waals surface area contributed by atoms with Crippen LogP contribution in [0.1, 0.15) is 5.56 Å². The van der Waals surface area contributed by atoms with Gasteiger partial charge in [-0.2, -0.15) is 9.29 Å². The van der Waals surface area contributed by atoms with E-state index >= 15 is 0 Å². The topological polar surface area (TPSA) is 78.7 Å². The molecule has 0 atom stereocenters. The van der Waals surface area contributed by atoms with Crippen LogP contribution in [0.15, 0.2) is 51.8 Å². The highest BCUT2D eigenvalue weighted by molar-refractivity contribution is 7.89. The fourth-order valence-electron chi connectivity index (χ4n) is 3.11. The normalized spacial score (nSPS) is 16.5. The molecule has 2 heterocycles. The molecule has 0 saturated carbocycles. The molecule has 2 aromatic carbocycles. The van der Waals surface area contributed by atoms with Gasteiger partial charge in [-0.05, 0) is 42.9 Å². The van der Waals surface area contributed by atoms with Crippen LogP contribution in [0.5, 0.6) is 0 Å². The number of aromatic nitrogens is 1. The summed E-state index contributed by atoms with van der Waals surface area (Å²) in [4.78, 5) is 6.79. The molecule has 0 bridgehead atoms. The number of anilines is 1. The number of benzene rings is 2. The summed E-state index contributed by atoms with van der Waals surface area (Å²) in [6.07, 6.45) is 0. The molecule has 1 saturated heterocycles. The number of rotatable bonds is 5. The first-order valence-corrected chi connectivity index (χ1v) is 10.8. The number of hydrogen-bond donors (Lipinski definition) is 1. The first kappa shape index (κ1) is 19.2. The van der Waals surface area contributed by atoms with Gasteiger partial charge in [-0.1, -0.05) is 23.7 Å². The number of halogens is 1. The van der Waals surface area contributed by atoms with Crippen molar-refractivity contribution in [2.75, 3.05) is 38.5 Å². The minimum Gasteiger partial charge on any atom is -0.424 e. The average Bonchev–Trinajstić information content (AvgIpc) is 3.09. The molecule has 0 amide bonds. The SMILES string of the molecule is CN1CCN(S(=O)(=O)c2ccc(CNc3nc4cc(Cl)ccc4o3)cc2)CC1. The van der Waals surface area contributed by atoms with E-state index in [9.17, 15) is 8.42 Å². The summed E-state index contributed by atoms with van der Waals surface area (Å²) in [5.74, 6) is 0. The highest BCUT2D eigenvalue weighted by atomic mass is 35.5. The molecule has 0 aliphatic carbocycles. The summed E-state index contributed by atoms with van der Waals surface area (Å²) < 4.78 is 32.7. The maximum absolute atomic E-state index is 12.8. The third-order valence-corrected chi connectivity index (χ3v) is 6.96. The van der Waals surface area contributed by atoms with Crippen LogP contribution in [-0.2, 0) is 16.6 Å². The summed E-state index contributed by atoms with van der Waals surface area (Å²) in [6, 6.07) is 12.6. The fraction of sp³-hybridized carbons (Fsp3) is 0.316. The van der Waals surface area contributed by atoms with E-state index < -0.39 is 10.0 Å². The predicted octanol–water partition coefficient (Wildman–Crippen LogP) is 3.03. The number of likely N-dealkylation sites (N-methyl/N-ethyl adjacent to an activating group) is 1. The average molecular weight is 421 g/mol. The molecule has 1 aliphatic heterocycles. The number of fused-ring (bicyclic) bond motifs is 1. The number of hydrogen-bond acceptors (Lipinski definition) is 6. The van der Waals surface area contributed by atoms with E-state index in [4.69, 9.17) is 16.0 Å². The molecule has 1 aliphatic rings. The van der Waals surface area contributed by atoms with Gasteiger partial charge in [0.25, 0.3) is 6.01 Å². The Morgan fingerprint density at radius 3 is 2.54 bits per heavy atom. The molecule has 0 unspecified atom stereocenters. The van der Waals surface area contributed by atoms with Crippen molar-refractivity contribution in [3.8, 4) is 0 Å². The van der Waals surface area contributed by atoms with Crippen LogP contribution >= 0.6 is 11.6 Å². The zero-order valence-electron chi connectivity index (χ0n) is 15.4. The Kier molecular flexibility index (Phi) is 5.29. The van der Waals surface area contributed by atoms with Gasteiger partial charge in [0, 0.05) is 37.7 Å². The van der Waals surface area contributed by atoms with Crippen molar-refractivity contribution in [1.29, 1.82) is 0 Å². The molecule has 28 heavy (non-hydrogen) atoms. The number of piperazine rings is 1. The Labute approximate surface area is 169 Å². The van der Waals surface area contributed by atoms with Gasteiger partial charge >= 0.3 is 0 Å². The van der Waals surface area contributed by atoms with Crippen molar-refractivity contribution in [1.82, 2.24) is 14.2 Å². The monoisotopic (exact) mass is 420 g/mol. The zero-order valence-corrected chi connectivity index (χ0v) is 17.0. The van der Waals surface area contributed by atoms with E-state index in [1.807, 2.05) is 7.05 Å². The molecule has 1 fully saturated rings. The van der Waals surface area contributed by atoms with Crippen LogP contribution in [0, 0.1) is 0 Å². The molecule has 7 nitrogen and oxygen atoms in total. The number of nitrogens with one attached hydrogen (secondary N) is 1. The molecule has 0 spiro atoms. The van der Waals surface area contributed by atoms with Gasteiger partial charge < -0.3 is 14.6 Å². The Bertz CT molecular complexity index is 1070. The van der Waals surface area contributed by atoms with Crippen molar-refractivity contribution >= 4 is 38.7 Å². The Morgan fingerprint density at radius 2 is 1.82 bits per heavy atom. The van der Waals surface area contributed by atoms with Crippen molar-refractivity contribution in [3.63, 3.8) is 0 Å². The molecule has 9 heteroatoms. The van der Waals surface area contributed by atoms with Crippen molar-refractivity contribution in [3.05, 3.63) is 53.1 Å². The van der Waals surface area contributed by atoms with Gasteiger partial charge in [-0.25, -0.2) is 8.42 Å². The molecule has 4 rings (SSSR count). The third-order valence-electron chi connectivity index (χ3n) is 4.82. The van der Waals surface area contributed by atoms with Gasteiger partial charge in [0.15, 0.2) is 5.58 Å². The van der Waals surface area contributed by atoms with Crippen LogP contribution in [0.25, 0.3) is 11.1 Å². The van der Waals surface area contributed by atoms with Gasteiger partial charge in [0.1, 0.15) is 5.52 Å². The second kappa shape index (κ2) is 7.71. The second-order valence-electron chi connectivity index (χ2n) is 6.84. The van der Waals surface area contributed by atoms with Crippen LogP contribution in [-0.4, -0.2) is 55.8 Å². The second-order valence-corrected chi connectivity index (χ2v) is 9.21. The van der Waals surface area contributed by atoms with E-state index in [1.54, 1.807) is 46.8 Å². The van der Waals surface area contributed by atoms with Gasteiger partial charge in [-0.15, -0.1) is 0 Å². The standard InChI is InChI=1S/C19H21ClN4O3S/c1-23-8-10-24(11-9-23)28(25,26)16-5-2-14(3-6-16)13-21-19-22-17-12-15(20)4-7-18(17)27-19/h2-7,12H,8-11,13H2,1H3,(H,21,22). The summed E-state index contributed by atoms with van der Waals surface area (Å²) in [5.41, 5.74) is 2.27. The summed E-state index contributed by atoms with van der Waals surface area (Å²) in [7, 11) is -1.45. The van der Waals surface area contributed by atoms with Crippen LogP contribution in [0.2, 0.25) is 5.02 Å². The van der Waals surface area contributed by atoms with Crippen LogP contribution < -0.4 is 5.32 Å². The quantitative estimate of drug-likeness (QED) is 0.683. The Balaban J connectivity index is 1.42. The van der Waals surface area contributed by atoms with E-state index in [-0.39, 0.29) is 0 Å². The van der Waals surface area contributed by atoms with Gasteiger partial charge in [0.2, 0.25) is 10.0 Å². The van der Waals surface area contributed by atoms with Gasteiger partial charge in [-0.3, -0.25) is 0 Å². The van der Waals surface area contributed by atoms with E-state index in [0.29, 0.717) is 46.7 Å². The maximum Gasteiger partial charge on any atom is 0.295 e.